The predicted molar refractivity (Wildman–Crippen MR) is 134 cm³/mol. The summed E-state index contributed by atoms with van der Waals surface area (Å²) < 4.78 is 26.2. The molecule has 3 aromatic rings. The largest absolute Gasteiger partial charge is 0.324 e. The van der Waals surface area contributed by atoms with Crippen LogP contribution in [0.4, 0.5) is 11.4 Å². The van der Waals surface area contributed by atoms with E-state index in [1.165, 1.54) is 9.20 Å². The van der Waals surface area contributed by atoms with Crippen molar-refractivity contribution in [2.75, 3.05) is 15.9 Å². The topological polar surface area (TPSA) is 66.5 Å². The third kappa shape index (κ3) is 6.37. The zero-order valence-electron chi connectivity index (χ0n) is 18.7. The van der Waals surface area contributed by atoms with Crippen molar-refractivity contribution >= 4 is 39.1 Å². The summed E-state index contributed by atoms with van der Waals surface area (Å²) in [5.41, 5.74) is 4.12. The van der Waals surface area contributed by atoms with Crippen LogP contribution in [-0.2, 0) is 20.6 Å². The predicted octanol–water partition coefficient (Wildman–Crippen LogP) is 5.39. The van der Waals surface area contributed by atoms with E-state index in [4.69, 9.17) is 0 Å². The molecule has 0 unspecified atom stereocenters. The number of anilines is 2. The maximum atomic E-state index is 12.9. The van der Waals surface area contributed by atoms with Crippen LogP contribution < -0.4 is 9.62 Å². The van der Waals surface area contributed by atoms with Gasteiger partial charge >= 0.3 is 0 Å². The van der Waals surface area contributed by atoms with Gasteiger partial charge < -0.3 is 5.32 Å². The third-order valence-corrected chi connectivity index (χ3v) is 7.24. The highest BCUT2D eigenvalue weighted by molar-refractivity contribution is 7.98. The lowest BCUT2D eigenvalue weighted by Gasteiger charge is -2.28. The smallest absolute Gasteiger partial charge is 0.247 e. The van der Waals surface area contributed by atoms with Gasteiger partial charge in [0.2, 0.25) is 15.9 Å². The Morgan fingerprint density at radius 2 is 1.56 bits per heavy atom. The number of hydrogen-bond donors (Lipinski definition) is 1. The fourth-order valence-electron chi connectivity index (χ4n) is 3.50. The molecule has 32 heavy (non-hydrogen) atoms. The number of sulfonamides is 1. The number of benzene rings is 3. The molecule has 3 rings (SSSR count). The summed E-state index contributed by atoms with van der Waals surface area (Å²) in [6, 6.07) is 22.4. The van der Waals surface area contributed by atoms with Gasteiger partial charge in [0.05, 0.1) is 11.9 Å². The molecule has 0 aliphatic heterocycles. The third-order valence-electron chi connectivity index (χ3n) is 4.92. The van der Waals surface area contributed by atoms with Crippen LogP contribution in [0.1, 0.15) is 23.6 Å². The molecule has 7 heteroatoms. The molecule has 0 fully saturated rings. The zero-order valence-corrected chi connectivity index (χ0v) is 20.3. The summed E-state index contributed by atoms with van der Waals surface area (Å²) in [7, 11) is -3.66. The summed E-state index contributed by atoms with van der Waals surface area (Å²) in [5, 5.41) is 2.84. The van der Waals surface area contributed by atoms with Crippen LogP contribution in [-0.4, -0.2) is 26.6 Å². The fourth-order valence-corrected chi connectivity index (χ4v) is 5.53. The molecule has 1 amide bonds. The van der Waals surface area contributed by atoms with Gasteiger partial charge in [-0.25, -0.2) is 8.42 Å². The standard InChI is InChI=1S/C25H28N2O3S2/c1-18-14-19(2)16-23(15-18)27(32(4,29)30)20(3)25(28)26-22-12-10-21(11-13-22)17-31-24-8-6-5-7-9-24/h5-16,20H,17H2,1-4H3,(H,26,28)/t20-/m0/s1. The quantitative estimate of drug-likeness (QED) is 0.450. The lowest BCUT2D eigenvalue weighted by molar-refractivity contribution is -0.116. The first-order valence-corrected chi connectivity index (χ1v) is 13.1. The molecule has 1 N–H and O–H groups in total. The molecule has 0 bridgehead atoms. The average molecular weight is 469 g/mol. The van der Waals surface area contributed by atoms with Crippen LogP contribution in [0.25, 0.3) is 0 Å². The summed E-state index contributed by atoms with van der Waals surface area (Å²) >= 11 is 1.74. The van der Waals surface area contributed by atoms with Crippen LogP contribution in [0.3, 0.4) is 0 Å². The van der Waals surface area contributed by atoms with E-state index < -0.39 is 16.1 Å². The number of carbonyl (C=O) groups excluding carboxylic acids is 1. The van der Waals surface area contributed by atoms with Crippen LogP contribution in [0.5, 0.6) is 0 Å². The Hall–Kier alpha value is -2.77. The van der Waals surface area contributed by atoms with Gasteiger partial charge in [0.15, 0.2) is 0 Å². The highest BCUT2D eigenvalue weighted by Crippen LogP contribution is 2.25. The molecular formula is C25H28N2O3S2. The Bertz CT molecular complexity index is 1160. The van der Waals surface area contributed by atoms with Gasteiger partial charge in [0.1, 0.15) is 6.04 Å². The van der Waals surface area contributed by atoms with Crippen molar-refractivity contribution in [3.8, 4) is 0 Å². The van der Waals surface area contributed by atoms with Crippen molar-refractivity contribution in [2.45, 2.75) is 37.5 Å². The first-order valence-electron chi connectivity index (χ1n) is 10.3. The lowest BCUT2D eigenvalue weighted by atomic mass is 10.1. The Balaban J connectivity index is 1.70. The second-order valence-electron chi connectivity index (χ2n) is 7.87. The van der Waals surface area contributed by atoms with Crippen molar-refractivity contribution in [3.63, 3.8) is 0 Å². The van der Waals surface area contributed by atoms with Gasteiger partial charge in [-0.15, -0.1) is 11.8 Å². The summed E-state index contributed by atoms with van der Waals surface area (Å²) in [6.07, 6.45) is 1.12. The zero-order chi connectivity index (χ0) is 23.3. The molecule has 0 aromatic heterocycles. The van der Waals surface area contributed by atoms with Crippen molar-refractivity contribution in [2.24, 2.45) is 0 Å². The molecule has 1 atom stereocenters. The number of amides is 1. The number of nitrogens with one attached hydrogen (secondary N) is 1. The Labute approximate surface area is 194 Å². The molecule has 5 nitrogen and oxygen atoms in total. The van der Waals surface area contributed by atoms with Crippen molar-refractivity contribution in [1.29, 1.82) is 0 Å². The normalized spacial score (nSPS) is 12.2. The van der Waals surface area contributed by atoms with E-state index in [0.717, 1.165) is 28.7 Å². The lowest BCUT2D eigenvalue weighted by Crippen LogP contribution is -2.45. The van der Waals surface area contributed by atoms with Crippen LogP contribution in [0.2, 0.25) is 0 Å². The minimum absolute atomic E-state index is 0.388. The SMILES string of the molecule is Cc1cc(C)cc(N([C@@H](C)C(=O)Nc2ccc(CSc3ccccc3)cc2)S(C)(=O)=O)c1. The number of rotatable bonds is 8. The molecule has 0 aliphatic rings. The van der Waals surface area contributed by atoms with Gasteiger partial charge in [-0.3, -0.25) is 9.10 Å². The van der Waals surface area contributed by atoms with Crippen molar-refractivity contribution in [3.05, 3.63) is 89.5 Å². The van der Waals surface area contributed by atoms with Gasteiger partial charge in [0, 0.05) is 16.3 Å². The second-order valence-corrected chi connectivity index (χ2v) is 10.8. The second kappa shape index (κ2) is 10.2. The molecule has 0 heterocycles. The molecule has 168 valence electrons. The van der Waals surface area contributed by atoms with E-state index in [0.29, 0.717) is 11.4 Å². The molecule has 3 aromatic carbocycles. The summed E-state index contributed by atoms with van der Waals surface area (Å²) in [4.78, 5) is 14.1. The van der Waals surface area contributed by atoms with Crippen LogP contribution in [0.15, 0.2) is 77.7 Å². The number of aryl methyl sites for hydroxylation is 2. The maximum absolute atomic E-state index is 12.9. The van der Waals surface area contributed by atoms with Gasteiger partial charge in [0.25, 0.3) is 0 Å². The van der Waals surface area contributed by atoms with E-state index in [1.54, 1.807) is 30.8 Å². The van der Waals surface area contributed by atoms with E-state index in [2.05, 4.69) is 17.4 Å². The molecule has 0 spiro atoms. The molecule has 0 aliphatic carbocycles. The highest BCUT2D eigenvalue weighted by Gasteiger charge is 2.29. The fraction of sp³-hybridized carbons (Fsp3) is 0.240. The summed E-state index contributed by atoms with van der Waals surface area (Å²) in [6.45, 7) is 5.40. The highest BCUT2D eigenvalue weighted by atomic mass is 32.2. The van der Waals surface area contributed by atoms with Gasteiger partial charge in [-0.1, -0.05) is 36.4 Å². The van der Waals surface area contributed by atoms with Crippen molar-refractivity contribution < 1.29 is 13.2 Å². The van der Waals surface area contributed by atoms with Gasteiger partial charge in [-0.05, 0) is 73.9 Å². The molecule has 0 saturated carbocycles. The first kappa shape index (κ1) is 23.9. The minimum Gasteiger partial charge on any atom is -0.324 e. The van der Waals surface area contributed by atoms with E-state index in [9.17, 15) is 13.2 Å². The minimum atomic E-state index is -3.66. The number of carbonyl (C=O) groups is 1. The first-order chi connectivity index (χ1) is 15.1. The van der Waals surface area contributed by atoms with E-state index in [1.807, 2.05) is 62.4 Å². The molecule has 0 radical (unpaired) electrons. The Morgan fingerprint density at radius 3 is 2.12 bits per heavy atom. The summed E-state index contributed by atoms with van der Waals surface area (Å²) in [5.74, 6) is 0.435. The Kier molecular flexibility index (Phi) is 7.64. The monoisotopic (exact) mass is 468 g/mol. The van der Waals surface area contributed by atoms with Crippen LogP contribution >= 0.6 is 11.8 Å². The van der Waals surface area contributed by atoms with Crippen LogP contribution in [0, 0.1) is 13.8 Å². The Morgan fingerprint density at radius 1 is 0.969 bits per heavy atom. The van der Waals surface area contributed by atoms with E-state index in [-0.39, 0.29) is 5.91 Å². The number of nitrogens with zero attached hydrogens (tertiary/aromatic N) is 1. The van der Waals surface area contributed by atoms with Gasteiger partial charge in [-0.2, -0.15) is 0 Å². The average Bonchev–Trinajstić information content (AvgIpc) is 2.72. The number of hydrogen-bond acceptors (Lipinski definition) is 4. The molecule has 0 saturated heterocycles. The molecular weight excluding hydrogens is 440 g/mol. The number of thioether (sulfide) groups is 1. The van der Waals surface area contributed by atoms with E-state index >= 15 is 0 Å². The van der Waals surface area contributed by atoms with Crippen molar-refractivity contribution in [1.82, 2.24) is 0 Å². The maximum Gasteiger partial charge on any atom is 0.247 e.